The van der Waals surface area contributed by atoms with E-state index in [1.54, 1.807) is 19.1 Å². The van der Waals surface area contributed by atoms with Crippen LogP contribution in [0.5, 0.6) is 0 Å². The zero-order valence-electron chi connectivity index (χ0n) is 15.2. The lowest BCUT2D eigenvalue weighted by Crippen LogP contribution is -2.20. The Kier molecular flexibility index (Phi) is 5.54. The number of nitrogens with zero attached hydrogens (tertiary/aromatic N) is 2. The minimum absolute atomic E-state index is 0.144. The van der Waals surface area contributed by atoms with Crippen LogP contribution in [0.4, 0.5) is 5.69 Å². The molecule has 0 aliphatic heterocycles. The fraction of sp³-hybridized carbons (Fsp3) is 0.222. The maximum atomic E-state index is 12.3. The van der Waals surface area contributed by atoms with Crippen LogP contribution in [-0.2, 0) is 21.9 Å². The van der Waals surface area contributed by atoms with Crippen LogP contribution in [0, 0.1) is 6.92 Å². The van der Waals surface area contributed by atoms with Gasteiger partial charge in [-0.05, 0) is 43.8 Å². The molecule has 2 aromatic carbocycles. The van der Waals surface area contributed by atoms with E-state index in [-0.39, 0.29) is 16.6 Å². The Morgan fingerprint density at radius 3 is 2.67 bits per heavy atom. The second-order valence-electron chi connectivity index (χ2n) is 5.97. The highest BCUT2D eigenvalue weighted by atomic mass is 32.2. The number of aromatic nitrogens is 2. The average molecular weight is 405 g/mol. The van der Waals surface area contributed by atoms with E-state index in [4.69, 9.17) is 0 Å². The van der Waals surface area contributed by atoms with Crippen molar-refractivity contribution in [2.24, 2.45) is 7.05 Å². The van der Waals surface area contributed by atoms with Crippen molar-refractivity contribution in [3.63, 3.8) is 0 Å². The van der Waals surface area contributed by atoms with Gasteiger partial charge in [-0.3, -0.25) is 4.79 Å². The summed E-state index contributed by atoms with van der Waals surface area (Å²) in [6.45, 7) is 1.71. The second-order valence-corrected chi connectivity index (χ2v) is 8.76. The van der Waals surface area contributed by atoms with E-state index in [0.717, 1.165) is 16.2 Å². The number of anilines is 1. The molecule has 3 rings (SSSR count). The van der Waals surface area contributed by atoms with E-state index in [0.29, 0.717) is 11.3 Å². The van der Waals surface area contributed by atoms with Crippen molar-refractivity contribution in [2.45, 2.75) is 17.0 Å². The molecule has 142 valence electrons. The number of thioether (sulfide) groups is 1. The summed E-state index contributed by atoms with van der Waals surface area (Å²) in [5.74, 6) is -0.0668. The van der Waals surface area contributed by atoms with Gasteiger partial charge in [-0.1, -0.05) is 30.0 Å². The van der Waals surface area contributed by atoms with Gasteiger partial charge in [-0.25, -0.2) is 18.1 Å². The lowest BCUT2D eigenvalue weighted by molar-refractivity contribution is -0.113. The first-order chi connectivity index (χ1) is 12.8. The van der Waals surface area contributed by atoms with Crippen molar-refractivity contribution >= 4 is 44.4 Å². The SMILES string of the molecule is CNS(=O)(=O)c1cc(NC(=O)CSc2nc3ccccc3n2C)ccc1C. The van der Waals surface area contributed by atoms with Gasteiger partial charge in [0.2, 0.25) is 15.9 Å². The summed E-state index contributed by atoms with van der Waals surface area (Å²) >= 11 is 1.33. The van der Waals surface area contributed by atoms with E-state index < -0.39 is 10.0 Å². The second kappa shape index (κ2) is 7.71. The fourth-order valence-electron chi connectivity index (χ4n) is 2.66. The average Bonchev–Trinajstić information content (AvgIpc) is 2.98. The van der Waals surface area contributed by atoms with Crippen molar-refractivity contribution in [2.75, 3.05) is 18.1 Å². The van der Waals surface area contributed by atoms with E-state index in [9.17, 15) is 13.2 Å². The number of hydrogen-bond acceptors (Lipinski definition) is 5. The minimum Gasteiger partial charge on any atom is -0.325 e. The molecule has 0 atom stereocenters. The third-order valence-corrected chi connectivity index (χ3v) is 6.69. The summed E-state index contributed by atoms with van der Waals surface area (Å²) in [6, 6.07) is 12.6. The lowest BCUT2D eigenvalue weighted by atomic mass is 10.2. The number of sulfonamides is 1. The summed E-state index contributed by atoms with van der Waals surface area (Å²) < 4.78 is 28.3. The Labute approximate surface area is 162 Å². The normalized spacial score (nSPS) is 11.7. The smallest absolute Gasteiger partial charge is 0.240 e. The lowest BCUT2D eigenvalue weighted by Gasteiger charge is -2.10. The van der Waals surface area contributed by atoms with Gasteiger partial charge in [0.05, 0.1) is 21.7 Å². The molecule has 0 bridgehead atoms. The number of fused-ring (bicyclic) bond motifs is 1. The quantitative estimate of drug-likeness (QED) is 0.616. The Bertz CT molecular complexity index is 1110. The predicted octanol–water partition coefficient (Wildman–Crippen LogP) is 2.52. The van der Waals surface area contributed by atoms with Gasteiger partial charge in [0.1, 0.15) is 0 Å². The van der Waals surface area contributed by atoms with E-state index in [1.165, 1.54) is 24.9 Å². The summed E-state index contributed by atoms with van der Waals surface area (Å²) in [5, 5.41) is 3.48. The standard InChI is InChI=1S/C18H20N4O3S2/c1-12-8-9-13(10-16(12)27(24,25)19-2)20-17(23)11-26-18-21-14-6-4-5-7-15(14)22(18)3/h4-10,19H,11H2,1-3H3,(H,20,23). The van der Waals surface area contributed by atoms with E-state index in [2.05, 4.69) is 15.0 Å². The number of aryl methyl sites for hydroxylation is 2. The highest BCUT2D eigenvalue weighted by molar-refractivity contribution is 7.99. The Morgan fingerprint density at radius 2 is 1.96 bits per heavy atom. The minimum atomic E-state index is -3.58. The van der Waals surface area contributed by atoms with Gasteiger partial charge in [0.15, 0.2) is 5.16 Å². The van der Waals surface area contributed by atoms with Crippen molar-refractivity contribution < 1.29 is 13.2 Å². The molecule has 0 aliphatic rings. The van der Waals surface area contributed by atoms with Gasteiger partial charge in [-0.15, -0.1) is 0 Å². The van der Waals surface area contributed by atoms with Crippen LogP contribution < -0.4 is 10.0 Å². The Morgan fingerprint density at radius 1 is 1.22 bits per heavy atom. The summed E-state index contributed by atoms with van der Waals surface area (Å²) in [7, 11) is -0.321. The molecule has 0 aliphatic carbocycles. The van der Waals surface area contributed by atoms with E-state index in [1.807, 2.05) is 35.9 Å². The molecule has 0 saturated heterocycles. The van der Waals surface area contributed by atoms with Gasteiger partial charge >= 0.3 is 0 Å². The van der Waals surface area contributed by atoms with Gasteiger partial charge < -0.3 is 9.88 Å². The first-order valence-corrected chi connectivity index (χ1v) is 10.7. The van der Waals surface area contributed by atoms with Crippen LogP contribution in [0.1, 0.15) is 5.56 Å². The van der Waals surface area contributed by atoms with Crippen LogP contribution >= 0.6 is 11.8 Å². The maximum absolute atomic E-state index is 12.3. The molecule has 0 saturated carbocycles. The molecule has 9 heteroatoms. The molecule has 27 heavy (non-hydrogen) atoms. The molecule has 1 heterocycles. The zero-order chi connectivity index (χ0) is 19.6. The molecule has 0 unspecified atom stereocenters. The topological polar surface area (TPSA) is 93.1 Å². The van der Waals surface area contributed by atoms with Crippen molar-refractivity contribution in [1.29, 1.82) is 0 Å². The van der Waals surface area contributed by atoms with Crippen LogP contribution in [0.2, 0.25) is 0 Å². The molecular formula is C18H20N4O3S2. The summed E-state index contributed by atoms with van der Waals surface area (Å²) in [4.78, 5) is 17.0. The van der Waals surface area contributed by atoms with E-state index >= 15 is 0 Å². The van der Waals surface area contributed by atoms with Crippen molar-refractivity contribution in [1.82, 2.24) is 14.3 Å². The first kappa shape index (κ1) is 19.4. The molecule has 0 fully saturated rings. The highest BCUT2D eigenvalue weighted by Gasteiger charge is 2.16. The number of amides is 1. The number of nitrogens with one attached hydrogen (secondary N) is 2. The van der Waals surface area contributed by atoms with Gasteiger partial charge in [0, 0.05) is 12.7 Å². The fourth-order valence-corrected chi connectivity index (χ4v) is 4.44. The van der Waals surface area contributed by atoms with Crippen molar-refractivity contribution in [3.05, 3.63) is 48.0 Å². The summed E-state index contributed by atoms with van der Waals surface area (Å²) in [5.41, 5.74) is 2.92. The van der Waals surface area contributed by atoms with Gasteiger partial charge in [0.25, 0.3) is 0 Å². The third kappa shape index (κ3) is 4.15. The molecular weight excluding hydrogens is 384 g/mol. The molecule has 0 spiro atoms. The monoisotopic (exact) mass is 404 g/mol. The Balaban J connectivity index is 1.71. The molecule has 0 radical (unpaired) electrons. The molecule has 3 aromatic rings. The van der Waals surface area contributed by atoms with Crippen LogP contribution in [0.3, 0.4) is 0 Å². The molecule has 2 N–H and O–H groups in total. The maximum Gasteiger partial charge on any atom is 0.240 e. The molecule has 1 amide bonds. The number of para-hydroxylation sites is 2. The number of imidazole rings is 1. The van der Waals surface area contributed by atoms with Crippen LogP contribution in [0.15, 0.2) is 52.5 Å². The number of carbonyl (C=O) groups excluding carboxylic acids is 1. The third-order valence-electron chi connectivity index (χ3n) is 4.11. The molecule has 7 nitrogen and oxygen atoms in total. The predicted molar refractivity (Wildman–Crippen MR) is 107 cm³/mol. The number of carbonyl (C=O) groups is 1. The number of hydrogen-bond donors (Lipinski definition) is 2. The van der Waals surface area contributed by atoms with Crippen LogP contribution in [0.25, 0.3) is 11.0 Å². The molecule has 1 aromatic heterocycles. The Hall–Kier alpha value is -2.36. The van der Waals surface area contributed by atoms with Crippen molar-refractivity contribution in [3.8, 4) is 0 Å². The number of benzene rings is 2. The largest absolute Gasteiger partial charge is 0.325 e. The number of rotatable bonds is 6. The first-order valence-electron chi connectivity index (χ1n) is 8.20. The highest BCUT2D eigenvalue weighted by Crippen LogP contribution is 2.23. The van der Waals surface area contributed by atoms with Crippen LogP contribution in [-0.4, -0.2) is 36.7 Å². The van der Waals surface area contributed by atoms with Gasteiger partial charge in [-0.2, -0.15) is 0 Å². The summed E-state index contributed by atoms with van der Waals surface area (Å²) in [6.07, 6.45) is 0. The zero-order valence-corrected chi connectivity index (χ0v) is 16.8.